The standard InChI is InChI=1S/C38H35N5O6/c1-21-27(7-5-8-28(21)37-41-32-12-22(20-44)11-24(17-39)36(32)49-37)29-9-6-10-33-30(29)18-40-43(33)26-15-34(47-3)31(35(16-26)48-4)19-42(2)25-13-23(14-25)38(45)46/h5-12,15-16,18,23,25,44H,13-14,19-20H2,1-4H3,(H,45,46). The van der Waals surface area contributed by atoms with Gasteiger partial charge in [0.25, 0.3) is 0 Å². The van der Waals surface area contributed by atoms with Crippen molar-refractivity contribution in [1.82, 2.24) is 19.7 Å². The molecule has 4 aromatic carbocycles. The van der Waals surface area contributed by atoms with Gasteiger partial charge in [0.1, 0.15) is 23.1 Å². The Morgan fingerprint density at radius 1 is 1.06 bits per heavy atom. The average molecular weight is 658 g/mol. The van der Waals surface area contributed by atoms with Crippen LogP contribution in [-0.4, -0.2) is 63.2 Å². The second-order valence-electron chi connectivity index (χ2n) is 12.5. The molecule has 2 heterocycles. The zero-order valence-corrected chi connectivity index (χ0v) is 27.6. The minimum atomic E-state index is -0.738. The van der Waals surface area contributed by atoms with Crippen molar-refractivity contribution in [2.45, 2.75) is 39.0 Å². The third-order valence-electron chi connectivity index (χ3n) is 9.65. The van der Waals surface area contributed by atoms with Crippen LogP contribution < -0.4 is 9.47 Å². The van der Waals surface area contributed by atoms with Gasteiger partial charge in [0, 0.05) is 35.7 Å². The molecule has 1 saturated carbocycles. The van der Waals surface area contributed by atoms with Crippen LogP contribution in [0.5, 0.6) is 11.5 Å². The molecule has 248 valence electrons. The largest absolute Gasteiger partial charge is 0.496 e. The predicted molar refractivity (Wildman–Crippen MR) is 184 cm³/mol. The number of carbonyl (C=O) groups is 1. The van der Waals surface area contributed by atoms with Crippen molar-refractivity contribution in [2.24, 2.45) is 5.92 Å². The van der Waals surface area contributed by atoms with E-state index in [4.69, 9.17) is 24.0 Å². The number of rotatable bonds is 10. The molecule has 11 nitrogen and oxygen atoms in total. The van der Waals surface area contributed by atoms with Gasteiger partial charge in [0.15, 0.2) is 5.58 Å². The lowest BCUT2D eigenvalue weighted by molar-refractivity contribution is -0.146. The monoisotopic (exact) mass is 657 g/mol. The van der Waals surface area contributed by atoms with Gasteiger partial charge < -0.3 is 24.1 Å². The van der Waals surface area contributed by atoms with Gasteiger partial charge in [-0.1, -0.05) is 24.3 Å². The third-order valence-corrected chi connectivity index (χ3v) is 9.65. The fraction of sp³-hybridized carbons (Fsp3) is 0.263. The van der Waals surface area contributed by atoms with E-state index >= 15 is 0 Å². The Balaban J connectivity index is 1.25. The third kappa shape index (κ3) is 5.55. The van der Waals surface area contributed by atoms with E-state index in [1.165, 1.54) is 0 Å². The molecule has 49 heavy (non-hydrogen) atoms. The maximum absolute atomic E-state index is 11.3. The van der Waals surface area contributed by atoms with E-state index in [0.717, 1.165) is 44.4 Å². The summed E-state index contributed by atoms with van der Waals surface area (Å²) in [6.45, 7) is 2.37. The first-order valence-electron chi connectivity index (χ1n) is 15.9. The number of carboxylic acids is 1. The number of hydrogen-bond donors (Lipinski definition) is 2. The average Bonchev–Trinajstić information content (AvgIpc) is 3.72. The highest BCUT2D eigenvalue weighted by molar-refractivity contribution is 5.97. The van der Waals surface area contributed by atoms with Crippen LogP contribution in [0.25, 0.3) is 50.3 Å². The molecule has 0 amide bonds. The maximum Gasteiger partial charge on any atom is 0.306 e. The van der Waals surface area contributed by atoms with Crippen molar-refractivity contribution in [2.75, 3.05) is 21.3 Å². The van der Waals surface area contributed by atoms with Crippen molar-refractivity contribution < 1.29 is 28.9 Å². The topological polar surface area (TPSA) is 147 Å². The number of aliphatic hydroxyl groups is 1. The summed E-state index contributed by atoms with van der Waals surface area (Å²) in [4.78, 5) is 18.2. The molecule has 2 N–H and O–H groups in total. The van der Waals surface area contributed by atoms with E-state index in [1.54, 1.807) is 26.4 Å². The van der Waals surface area contributed by atoms with Gasteiger partial charge >= 0.3 is 5.97 Å². The van der Waals surface area contributed by atoms with Gasteiger partial charge in [0.2, 0.25) is 5.89 Å². The van der Waals surface area contributed by atoms with Crippen molar-refractivity contribution in [3.05, 3.63) is 89.1 Å². The zero-order chi connectivity index (χ0) is 34.4. The highest BCUT2D eigenvalue weighted by atomic mass is 16.5. The number of aromatic nitrogens is 3. The molecule has 7 rings (SSSR count). The number of aliphatic carboxylic acids is 1. The van der Waals surface area contributed by atoms with Crippen LogP contribution in [0, 0.1) is 24.2 Å². The molecule has 0 bridgehead atoms. The van der Waals surface area contributed by atoms with Crippen molar-refractivity contribution >= 4 is 28.0 Å². The summed E-state index contributed by atoms with van der Waals surface area (Å²) in [5, 5.41) is 34.4. The number of aliphatic hydroxyl groups excluding tert-OH is 1. The molecular formula is C38H35N5O6. The fourth-order valence-electron chi connectivity index (χ4n) is 6.81. The van der Waals surface area contributed by atoms with E-state index < -0.39 is 5.97 Å². The van der Waals surface area contributed by atoms with Gasteiger partial charge in [-0.25, -0.2) is 9.67 Å². The molecule has 6 aromatic rings. The molecule has 1 aliphatic carbocycles. The molecule has 1 fully saturated rings. The highest BCUT2D eigenvalue weighted by Gasteiger charge is 2.37. The van der Waals surface area contributed by atoms with Crippen molar-refractivity contribution in [3.8, 4) is 45.8 Å². The van der Waals surface area contributed by atoms with Crippen LogP contribution in [0.1, 0.15) is 35.1 Å². The molecule has 0 saturated heterocycles. The van der Waals surface area contributed by atoms with Crippen LogP contribution >= 0.6 is 0 Å². The van der Waals surface area contributed by atoms with Crippen LogP contribution in [-0.2, 0) is 17.9 Å². The minimum absolute atomic E-state index is 0.183. The molecule has 0 unspecified atom stereocenters. The summed E-state index contributed by atoms with van der Waals surface area (Å²) in [6, 6.07) is 21.6. The summed E-state index contributed by atoms with van der Waals surface area (Å²) in [7, 11) is 5.25. The first-order chi connectivity index (χ1) is 23.7. The van der Waals surface area contributed by atoms with Gasteiger partial charge in [-0.3, -0.25) is 9.69 Å². The molecule has 0 radical (unpaired) electrons. The maximum atomic E-state index is 11.3. The molecule has 0 aliphatic heterocycles. The Kier molecular flexibility index (Phi) is 8.28. The molecule has 2 aromatic heterocycles. The Labute approximate surface area is 282 Å². The van der Waals surface area contributed by atoms with E-state index in [1.807, 2.05) is 61.2 Å². The number of methoxy groups -OCH3 is 2. The van der Waals surface area contributed by atoms with Crippen LogP contribution in [0.2, 0.25) is 0 Å². The normalized spacial score (nSPS) is 15.8. The summed E-state index contributed by atoms with van der Waals surface area (Å²) in [6.07, 6.45) is 3.10. The van der Waals surface area contributed by atoms with E-state index in [2.05, 4.69) is 23.1 Å². The first kappa shape index (κ1) is 31.9. The van der Waals surface area contributed by atoms with E-state index in [-0.39, 0.29) is 18.6 Å². The lowest BCUT2D eigenvalue weighted by Gasteiger charge is -2.39. The molecule has 11 heteroatoms. The number of carboxylic acid groups (broad SMARTS) is 1. The summed E-state index contributed by atoms with van der Waals surface area (Å²) in [5.41, 5.74) is 8.09. The number of fused-ring (bicyclic) bond motifs is 2. The van der Waals surface area contributed by atoms with Crippen LogP contribution in [0.3, 0.4) is 0 Å². The number of nitrogens with zero attached hydrogens (tertiary/aromatic N) is 5. The Morgan fingerprint density at radius 2 is 1.76 bits per heavy atom. The number of ether oxygens (including phenoxy) is 2. The number of hydrogen-bond acceptors (Lipinski definition) is 9. The molecule has 0 spiro atoms. The lowest BCUT2D eigenvalue weighted by Crippen LogP contribution is -2.44. The second-order valence-corrected chi connectivity index (χ2v) is 12.5. The summed E-state index contributed by atoms with van der Waals surface area (Å²) < 4.78 is 19.7. The van der Waals surface area contributed by atoms with Crippen LogP contribution in [0.4, 0.5) is 0 Å². The molecular weight excluding hydrogens is 622 g/mol. The summed E-state index contributed by atoms with van der Waals surface area (Å²) >= 11 is 0. The fourth-order valence-corrected chi connectivity index (χ4v) is 6.81. The zero-order valence-electron chi connectivity index (χ0n) is 27.6. The second kappa shape index (κ2) is 12.7. The number of oxazole rings is 1. The van der Waals surface area contributed by atoms with E-state index in [9.17, 15) is 20.3 Å². The van der Waals surface area contributed by atoms with Gasteiger partial charge in [-0.05, 0) is 73.3 Å². The summed E-state index contributed by atoms with van der Waals surface area (Å²) in [5.74, 6) is 0.680. The van der Waals surface area contributed by atoms with Crippen LogP contribution in [0.15, 0.2) is 71.3 Å². The Bertz CT molecular complexity index is 2250. The molecule has 1 aliphatic rings. The lowest BCUT2D eigenvalue weighted by atomic mass is 9.79. The van der Waals surface area contributed by atoms with Crippen molar-refractivity contribution in [1.29, 1.82) is 5.26 Å². The predicted octanol–water partition coefficient (Wildman–Crippen LogP) is 6.49. The Morgan fingerprint density at radius 3 is 2.43 bits per heavy atom. The SMILES string of the molecule is COc1cc(-n2ncc3c(-c4cccc(-c5nc6cc(CO)cc(C#N)c6o5)c4C)cccc32)cc(OC)c1CN(C)C1CC(C(=O)O)C1. The first-order valence-corrected chi connectivity index (χ1v) is 15.9. The van der Waals surface area contributed by atoms with Gasteiger partial charge in [0.05, 0.1) is 55.3 Å². The number of benzene rings is 4. The quantitative estimate of drug-likeness (QED) is 0.168. The minimum Gasteiger partial charge on any atom is -0.496 e. The highest BCUT2D eigenvalue weighted by Crippen LogP contribution is 2.40. The van der Waals surface area contributed by atoms with Crippen molar-refractivity contribution in [3.63, 3.8) is 0 Å². The smallest absolute Gasteiger partial charge is 0.306 e. The molecule has 0 atom stereocenters. The van der Waals surface area contributed by atoms with E-state index in [0.29, 0.717) is 59.0 Å². The Hall–Kier alpha value is -5.70. The number of nitriles is 1. The van der Waals surface area contributed by atoms with Gasteiger partial charge in [-0.15, -0.1) is 0 Å². The van der Waals surface area contributed by atoms with Gasteiger partial charge in [-0.2, -0.15) is 10.4 Å².